The third-order valence-corrected chi connectivity index (χ3v) is 3.41. The third-order valence-electron chi connectivity index (χ3n) is 3.41. The molecule has 3 nitrogen and oxygen atoms in total. The van der Waals surface area contributed by atoms with Crippen molar-refractivity contribution in [1.29, 1.82) is 0 Å². The normalized spacial score (nSPS) is 12.4. The average Bonchev–Trinajstić information content (AvgIpc) is 2.90. The van der Waals surface area contributed by atoms with Gasteiger partial charge in [-0.2, -0.15) is 0 Å². The van der Waals surface area contributed by atoms with E-state index in [1.165, 1.54) is 0 Å². The van der Waals surface area contributed by atoms with Crippen molar-refractivity contribution in [3.05, 3.63) is 54.1 Å². The lowest BCUT2D eigenvalue weighted by molar-refractivity contribution is 0.0917. The summed E-state index contributed by atoms with van der Waals surface area (Å²) in [6.45, 7) is 4.00. The molecule has 3 aromatic rings. The van der Waals surface area contributed by atoms with Gasteiger partial charge in [0.15, 0.2) is 0 Å². The highest BCUT2D eigenvalue weighted by Crippen LogP contribution is 2.31. The number of fused-ring (bicyclic) bond motifs is 5. The van der Waals surface area contributed by atoms with Crippen LogP contribution in [0.25, 0.3) is 22.4 Å². The summed E-state index contributed by atoms with van der Waals surface area (Å²) in [7, 11) is 0. The van der Waals surface area contributed by atoms with Gasteiger partial charge in [-0.05, 0) is 17.7 Å². The number of hydrogen-bond acceptors (Lipinski definition) is 2. The average molecular weight is 264 g/mol. The number of rotatable bonds is 0. The first kappa shape index (κ1) is 12.6. The summed E-state index contributed by atoms with van der Waals surface area (Å²) >= 11 is 0. The van der Waals surface area contributed by atoms with Gasteiger partial charge >= 0.3 is 0 Å². The van der Waals surface area contributed by atoms with Crippen molar-refractivity contribution in [2.45, 2.75) is 20.3 Å². The molecule has 100 valence electrons. The highest BCUT2D eigenvalue weighted by atomic mass is 16.2. The highest BCUT2D eigenvalue weighted by molar-refractivity contribution is 5.99. The smallest absolute Gasteiger partial charge is 0.237 e. The number of benzene rings is 2. The Morgan fingerprint density at radius 3 is 2.55 bits per heavy atom. The van der Waals surface area contributed by atoms with Crippen molar-refractivity contribution in [2.24, 2.45) is 0 Å². The Morgan fingerprint density at radius 2 is 1.70 bits per heavy atom. The number of imidazole rings is 1. The van der Waals surface area contributed by atoms with Gasteiger partial charge in [0.05, 0.1) is 17.5 Å². The van der Waals surface area contributed by atoms with Gasteiger partial charge in [-0.3, -0.25) is 9.36 Å². The molecule has 20 heavy (non-hydrogen) atoms. The first-order valence-electron chi connectivity index (χ1n) is 6.93. The number of nitrogens with zero attached hydrogens (tertiary/aromatic N) is 2. The fourth-order valence-electron chi connectivity index (χ4n) is 2.59. The molecule has 0 amide bonds. The van der Waals surface area contributed by atoms with E-state index in [1.807, 2.05) is 62.4 Å². The van der Waals surface area contributed by atoms with Gasteiger partial charge in [0.1, 0.15) is 5.82 Å². The molecular weight excluding hydrogens is 248 g/mol. The summed E-state index contributed by atoms with van der Waals surface area (Å²) in [6.07, 6.45) is 0.448. The number of para-hydroxylation sites is 2. The lowest BCUT2D eigenvalue weighted by Crippen LogP contribution is -2.20. The van der Waals surface area contributed by atoms with E-state index in [1.54, 1.807) is 4.57 Å². The summed E-state index contributed by atoms with van der Waals surface area (Å²) in [5.41, 5.74) is 3.89. The van der Waals surface area contributed by atoms with Crippen molar-refractivity contribution in [2.75, 3.05) is 0 Å². The van der Waals surface area contributed by atoms with Gasteiger partial charge < -0.3 is 0 Å². The van der Waals surface area contributed by atoms with Gasteiger partial charge in [0.25, 0.3) is 0 Å². The minimum absolute atomic E-state index is 0.0948. The fraction of sp³-hybridized carbons (Fsp3) is 0.176. The lowest BCUT2D eigenvalue weighted by Gasteiger charge is -2.16. The highest BCUT2D eigenvalue weighted by Gasteiger charge is 2.25. The summed E-state index contributed by atoms with van der Waals surface area (Å²) in [5.74, 6) is 0.862. The van der Waals surface area contributed by atoms with Crippen LogP contribution in [0.5, 0.6) is 0 Å². The van der Waals surface area contributed by atoms with E-state index in [0.29, 0.717) is 6.42 Å². The lowest BCUT2D eigenvalue weighted by atomic mass is 10.0. The maximum atomic E-state index is 12.2. The van der Waals surface area contributed by atoms with Crippen molar-refractivity contribution >= 4 is 16.9 Å². The standard InChI is InChI=1S/C15H10N2O.C2H6/c18-14-9-10-5-1-2-6-11(10)15-16-12-7-3-4-8-13(12)17(14)15;1-2/h1-8H,9H2;1-2H3. The van der Waals surface area contributed by atoms with Crippen LogP contribution in [0.4, 0.5) is 0 Å². The zero-order valence-electron chi connectivity index (χ0n) is 11.6. The van der Waals surface area contributed by atoms with E-state index < -0.39 is 0 Å². The molecule has 0 radical (unpaired) electrons. The van der Waals surface area contributed by atoms with Gasteiger partial charge in [-0.1, -0.05) is 50.2 Å². The molecule has 0 bridgehead atoms. The van der Waals surface area contributed by atoms with Gasteiger partial charge in [0.2, 0.25) is 5.91 Å². The topological polar surface area (TPSA) is 34.9 Å². The molecule has 0 saturated carbocycles. The molecule has 0 saturated heterocycles. The van der Waals surface area contributed by atoms with Crippen LogP contribution in [0.3, 0.4) is 0 Å². The second-order valence-electron chi connectivity index (χ2n) is 4.49. The Hall–Kier alpha value is -2.42. The summed E-state index contributed by atoms with van der Waals surface area (Å²) in [5, 5.41) is 0. The third kappa shape index (κ3) is 1.74. The maximum Gasteiger partial charge on any atom is 0.237 e. The molecule has 0 atom stereocenters. The van der Waals surface area contributed by atoms with E-state index in [2.05, 4.69) is 4.98 Å². The minimum atomic E-state index is 0.0948. The molecule has 0 fully saturated rings. The first-order valence-corrected chi connectivity index (χ1v) is 6.93. The van der Waals surface area contributed by atoms with Crippen LogP contribution in [0.15, 0.2) is 48.5 Å². The van der Waals surface area contributed by atoms with Crippen molar-refractivity contribution in [3.63, 3.8) is 0 Å². The van der Waals surface area contributed by atoms with Gasteiger partial charge in [-0.25, -0.2) is 4.98 Å². The predicted molar refractivity (Wildman–Crippen MR) is 80.8 cm³/mol. The van der Waals surface area contributed by atoms with Crippen molar-refractivity contribution in [1.82, 2.24) is 9.55 Å². The second-order valence-corrected chi connectivity index (χ2v) is 4.49. The SMILES string of the molecule is CC.O=C1Cc2ccccc2-c2nc3ccccc3n21. The quantitative estimate of drug-likeness (QED) is 0.616. The molecule has 0 unspecified atom stereocenters. The Balaban J connectivity index is 0.000000581. The summed E-state index contributed by atoms with van der Waals surface area (Å²) < 4.78 is 1.73. The molecule has 1 aliphatic heterocycles. The zero-order valence-corrected chi connectivity index (χ0v) is 11.6. The minimum Gasteiger partial charge on any atom is -0.274 e. The van der Waals surface area contributed by atoms with Gasteiger partial charge in [0, 0.05) is 5.56 Å². The van der Waals surface area contributed by atoms with Gasteiger partial charge in [-0.15, -0.1) is 0 Å². The van der Waals surface area contributed by atoms with Crippen molar-refractivity contribution in [3.8, 4) is 11.4 Å². The fourth-order valence-corrected chi connectivity index (χ4v) is 2.59. The van der Waals surface area contributed by atoms with Crippen LogP contribution in [0.1, 0.15) is 24.2 Å². The summed E-state index contributed by atoms with van der Waals surface area (Å²) in [6, 6.07) is 15.7. The van der Waals surface area contributed by atoms with E-state index >= 15 is 0 Å². The molecule has 2 aromatic carbocycles. The van der Waals surface area contributed by atoms with Crippen LogP contribution in [-0.4, -0.2) is 15.5 Å². The van der Waals surface area contributed by atoms with Crippen LogP contribution in [0.2, 0.25) is 0 Å². The molecular formula is C17H16N2O. The Morgan fingerprint density at radius 1 is 1.00 bits per heavy atom. The second kappa shape index (κ2) is 4.93. The number of carbonyl (C=O) groups excluding carboxylic acids is 1. The first-order chi connectivity index (χ1) is 9.84. The maximum absolute atomic E-state index is 12.2. The summed E-state index contributed by atoms with van der Waals surface area (Å²) in [4.78, 5) is 16.8. The predicted octanol–water partition coefficient (Wildman–Crippen LogP) is 3.93. The zero-order chi connectivity index (χ0) is 14.1. The molecule has 1 aromatic heterocycles. The number of carbonyl (C=O) groups is 1. The molecule has 0 aliphatic carbocycles. The van der Waals surface area contributed by atoms with Crippen LogP contribution in [-0.2, 0) is 6.42 Å². The Kier molecular flexibility index (Phi) is 3.11. The molecule has 3 heteroatoms. The van der Waals surface area contributed by atoms with E-state index in [0.717, 1.165) is 28.0 Å². The van der Waals surface area contributed by atoms with Crippen molar-refractivity contribution < 1.29 is 4.79 Å². The Labute approximate surface area is 117 Å². The molecule has 0 spiro atoms. The number of hydrogen-bond donors (Lipinski definition) is 0. The monoisotopic (exact) mass is 264 g/mol. The van der Waals surface area contributed by atoms with Crippen LogP contribution >= 0.6 is 0 Å². The van der Waals surface area contributed by atoms with Crippen LogP contribution in [0, 0.1) is 0 Å². The Bertz CT molecular complexity index is 787. The molecule has 1 aliphatic rings. The molecule has 2 heterocycles. The van der Waals surface area contributed by atoms with Crippen LogP contribution < -0.4 is 0 Å². The largest absolute Gasteiger partial charge is 0.274 e. The molecule has 0 N–H and O–H groups in total. The van der Waals surface area contributed by atoms with E-state index in [-0.39, 0.29) is 5.91 Å². The van der Waals surface area contributed by atoms with E-state index in [4.69, 9.17) is 0 Å². The van der Waals surface area contributed by atoms with E-state index in [9.17, 15) is 4.79 Å². The number of aromatic nitrogens is 2. The molecule has 4 rings (SSSR count).